The summed E-state index contributed by atoms with van der Waals surface area (Å²) in [5.74, 6) is 0.101. The van der Waals surface area contributed by atoms with Gasteiger partial charge in [-0.15, -0.1) is 0 Å². The number of rotatable bonds is 5. The van der Waals surface area contributed by atoms with Gasteiger partial charge in [-0.25, -0.2) is 14.2 Å². The van der Waals surface area contributed by atoms with Crippen molar-refractivity contribution in [3.8, 4) is 0 Å². The fourth-order valence-electron chi connectivity index (χ4n) is 4.16. The highest BCUT2D eigenvalue weighted by Crippen LogP contribution is 2.20. The maximum atomic E-state index is 12.9. The third-order valence-corrected chi connectivity index (χ3v) is 6.00. The van der Waals surface area contributed by atoms with Crippen LogP contribution in [0.5, 0.6) is 0 Å². The van der Waals surface area contributed by atoms with Gasteiger partial charge in [0.15, 0.2) is 6.54 Å². The summed E-state index contributed by atoms with van der Waals surface area (Å²) in [7, 11) is 4.34. The first-order valence-electron chi connectivity index (χ1n) is 10.3. The topological polar surface area (TPSA) is 88.8 Å². The molecule has 10 nitrogen and oxygen atoms in total. The Morgan fingerprint density at radius 2 is 1.77 bits per heavy atom. The van der Waals surface area contributed by atoms with Gasteiger partial charge in [0.25, 0.3) is 17.8 Å². The molecule has 3 heterocycles. The molecule has 0 spiro atoms. The highest BCUT2D eigenvalue weighted by atomic mass is 16.5. The highest BCUT2D eigenvalue weighted by molar-refractivity contribution is 6.23. The molecule has 0 saturated carbocycles. The number of carbonyl (C=O) groups excluding carboxylic acids is 3. The normalized spacial score (nSPS) is 22.1. The molecule has 2 fully saturated rings. The second-order valence-corrected chi connectivity index (χ2v) is 7.83. The largest absolute Gasteiger partial charge is 0.466 e. The number of carbonyl (C=O) groups is 3. The maximum Gasteiger partial charge on any atom is 0.347 e. The number of hydrogen-bond donors (Lipinski definition) is 0. The molecule has 4 rings (SSSR count). The average molecular weight is 427 g/mol. The summed E-state index contributed by atoms with van der Waals surface area (Å²) < 4.78 is 6.49. The van der Waals surface area contributed by atoms with Gasteiger partial charge in [0.05, 0.1) is 7.11 Å². The van der Waals surface area contributed by atoms with Crippen molar-refractivity contribution in [1.82, 2.24) is 14.7 Å². The number of amides is 3. The fraction of sp³-hybridized carbons (Fsp3) is 0.476. The summed E-state index contributed by atoms with van der Waals surface area (Å²) in [6.07, 6.45) is 0. The van der Waals surface area contributed by atoms with Crippen LogP contribution in [0, 0.1) is 0 Å². The van der Waals surface area contributed by atoms with Crippen LogP contribution >= 0.6 is 0 Å². The molecule has 3 amide bonds. The molecule has 3 aliphatic heterocycles. The molecular formula is C21H27N6O4+. The number of imide groups is 1. The van der Waals surface area contributed by atoms with E-state index in [0.717, 1.165) is 31.1 Å². The number of ether oxygens (including phenoxy) is 1. The molecule has 0 aromatic heterocycles. The Balaban J connectivity index is 1.53. The number of amidine groups is 2. The lowest BCUT2D eigenvalue weighted by Crippen LogP contribution is -2.62. The van der Waals surface area contributed by atoms with Crippen molar-refractivity contribution in [1.29, 1.82) is 0 Å². The lowest BCUT2D eigenvalue weighted by molar-refractivity contribution is -0.527. The van der Waals surface area contributed by atoms with Gasteiger partial charge >= 0.3 is 17.8 Å². The number of benzene rings is 1. The lowest BCUT2D eigenvalue weighted by atomic mass is 10.1. The Kier molecular flexibility index (Phi) is 5.73. The van der Waals surface area contributed by atoms with E-state index in [-0.39, 0.29) is 6.54 Å². The van der Waals surface area contributed by atoms with Crippen LogP contribution in [-0.4, -0.2) is 115 Å². The van der Waals surface area contributed by atoms with Gasteiger partial charge in [0, 0.05) is 46.0 Å². The Hall–Kier alpha value is -3.27. The molecule has 0 N–H and O–H groups in total. The predicted octanol–water partition coefficient (Wildman–Crippen LogP) is -0.303. The van der Waals surface area contributed by atoms with Crippen molar-refractivity contribution in [2.45, 2.75) is 6.04 Å². The fourth-order valence-corrected chi connectivity index (χ4v) is 4.16. The van der Waals surface area contributed by atoms with Gasteiger partial charge in [0.1, 0.15) is 6.54 Å². The van der Waals surface area contributed by atoms with Crippen LogP contribution in [0.1, 0.15) is 0 Å². The number of esters is 1. The predicted molar refractivity (Wildman–Crippen MR) is 114 cm³/mol. The molecule has 0 aliphatic carbocycles. The van der Waals surface area contributed by atoms with E-state index in [1.54, 1.807) is 11.6 Å². The summed E-state index contributed by atoms with van der Waals surface area (Å²) in [6.45, 7) is 3.77. The smallest absolute Gasteiger partial charge is 0.347 e. The third-order valence-electron chi connectivity index (χ3n) is 6.00. The standard InChI is InChI=1S/C21H27N6O4/c1-23-19-18(20(29)24(2)21(23)30)27(14-17(28)31-3)16(22-19)13-25-9-11-26(12-10-25)15-7-5-4-6-8-15/h4-8,18H,9-14H2,1-3H3/q+1. The highest BCUT2D eigenvalue weighted by Gasteiger charge is 2.53. The number of hydrogen-bond acceptors (Lipinski definition) is 7. The van der Waals surface area contributed by atoms with Crippen LogP contribution in [0.2, 0.25) is 0 Å². The van der Waals surface area contributed by atoms with Crippen molar-refractivity contribution in [3.05, 3.63) is 30.3 Å². The van der Waals surface area contributed by atoms with E-state index in [2.05, 4.69) is 26.9 Å². The summed E-state index contributed by atoms with van der Waals surface area (Å²) in [5, 5.41) is 0. The van der Waals surface area contributed by atoms with Crippen molar-refractivity contribution < 1.29 is 23.7 Å². The number of para-hydroxylation sites is 1. The zero-order valence-corrected chi connectivity index (χ0v) is 18.0. The molecular weight excluding hydrogens is 400 g/mol. The summed E-state index contributed by atoms with van der Waals surface area (Å²) >= 11 is 0. The van der Waals surface area contributed by atoms with Gasteiger partial charge in [-0.2, -0.15) is 0 Å². The van der Waals surface area contributed by atoms with Crippen LogP contribution in [0.25, 0.3) is 0 Å². The van der Waals surface area contributed by atoms with Crippen molar-refractivity contribution in [3.63, 3.8) is 0 Å². The number of urea groups is 1. The van der Waals surface area contributed by atoms with Gasteiger partial charge in [0.2, 0.25) is 0 Å². The van der Waals surface area contributed by atoms with E-state index in [0.29, 0.717) is 18.2 Å². The minimum atomic E-state index is -0.799. The number of likely N-dealkylation sites (N-methyl/N-ethyl adjacent to an activating group) is 2. The Labute approximate surface area is 181 Å². The number of piperazine rings is 1. The Bertz CT molecular complexity index is 952. The minimum Gasteiger partial charge on any atom is -0.466 e. The molecule has 1 unspecified atom stereocenters. The lowest BCUT2D eigenvalue weighted by Gasteiger charge is -2.35. The van der Waals surface area contributed by atoms with Crippen LogP contribution in [0.15, 0.2) is 35.3 Å². The monoisotopic (exact) mass is 427 g/mol. The van der Waals surface area contributed by atoms with Gasteiger partial charge < -0.3 is 9.64 Å². The van der Waals surface area contributed by atoms with E-state index >= 15 is 0 Å². The van der Waals surface area contributed by atoms with Crippen LogP contribution < -0.4 is 4.90 Å². The van der Waals surface area contributed by atoms with E-state index in [1.807, 2.05) is 18.2 Å². The van der Waals surface area contributed by atoms with Crippen molar-refractivity contribution in [2.75, 3.05) is 65.4 Å². The van der Waals surface area contributed by atoms with Gasteiger partial charge in [-0.1, -0.05) is 18.2 Å². The second kappa shape index (κ2) is 8.46. The maximum absolute atomic E-state index is 12.9. The van der Waals surface area contributed by atoms with Crippen LogP contribution in [-0.2, 0) is 14.3 Å². The van der Waals surface area contributed by atoms with E-state index in [4.69, 9.17) is 4.74 Å². The number of methoxy groups -OCH3 is 1. The van der Waals surface area contributed by atoms with Gasteiger partial charge in [-0.05, 0) is 17.1 Å². The van der Waals surface area contributed by atoms with E-state index in [1.165, 1.54) is 24.7 Å². The molecule has 0 radical (unpaired) electrons. The van der Waals surface area contributed by atoms with E-state index < -0.39 is 23.9 Å². The molecule has 1 atom stereocenters. The van der Waals surface area contributed by atoms with E-state index in [9.17, 15) is 14.4 Å². The molecule has 1 aromatic carbocycles. The number of nitrogens with zero attached hydrogens (tertiary/aromatic N) is 6. The first kappa shape index (κ1) is 21.0. The second-order valence-electron chi connectivity index (χ2n) is 7.83. The summed E-state index contributed by atoms with van der Waals surface area (Å²) in [4.78, 5) is 48.9. The first-order chi connectivity index (χ1) is 14.9. The van der Waals surface area contributed by atoms with Crippen molar-refractivity contribution in [2.24, 2.45) is 4.99 Å². The summed E-state index contributed by atoms with van der Waals surface area (Å²) in [5.41, 5.74) is 1.20. The van der Waals surface area contributed by atoms with Gasteiger partial charge in [-0.3, -0.25) is 19.5 Å². The number of fused-ring (bicyclic) bond motifs is 1. The molecule has 1 aromatic rings. The Morgan fingerprint density at radius 3 is 2.42 bits per heavy atom. The quantitative estimate of drug-likeness (QED) is 0.474. The zero-order chi connectivity index (χ0) is 22.1. The van der Waals surface area contributed by atoms with Crippen LogP contribution in [0.3, 0.4) is 0 Å². The number of anilines is 1. The molecule has 10 heteroatoms. The molecule has 2 saturated heterocycles. The average Bonchev–Trinajstić information content (AvgIpc) is 3.15. The molecule has 31 heavy (non-hydrogen) atoms. The SMILES string of the molecule is COC(=O)C[N+]1=C(CN2CCN(c3ccccc3)CC2)N=C2C1C(=O)N(C)C(=O)N2C. The first-order valence-corrected chi connectivity index (χ1v) is 10.3. The minimum absolute atomic E-state index is 0.102. The third kappa shape index (κ3) is 3.90. The zero-order valence-electron chi connectivity index (χ0n) is 18.0. The molecule has 3 aliphatic rings. The van der Waals surface area contributed by atoms with Crippen LogP contribution in [0.4, 0.5) is 10.5 Å². The number of aliphatic imine (C=N–C) groups is 1. The van der Waals surface area contributed by atoms with Crippen molar-refractivity contribution >= 4 is 35.3 Å². The molecule has 0 bridgehead atoms. The molecule has 164 valence electrons. The Morgan fingerprint density at radius 1 is 1.10 bits per heavy atom. The summed E-state index contributed by atoms with van der Waals surface area (Å²) in [6, 6.07) is 9.04.